The zero-order chi connectivity index (χ0) is 12.8. The molecular weight excluding hydrogens is 226 g/mol. The van der Waals surface area contributed by atoms with Crippen molar-refractivity contribution in [3.8, 4) is 5.88 Å². The SMILES string of the molecule is COc1ncnc(NCCC2=CCCCC2)c1C. The molecule has 0 spiro atoms. The molecule has 0 fully saturated rings. The van der Waals surface area contributed by atoms with E-state index in [1.807, 2.05) is 6.92 Å². The molecule has 0 saturated heterocycles. The highest BCUT2D eigenvalue weighted by Gasteiger charge is 2.07. The Balaban J connectivity index is 1.88. The molecule has 1 aliphatic rings. The lowest BCUT2D eigenvalue weighted by Gasteiger charge is -2.14. The van der Waals surface area contributed by atoms with Crippen LogP contribution in [0.5, 0.6) is 5.88 Å². The van der Waals surface area contributed by atoms with E-state index in [9.17, 15) is 0 Å². The molecule has 1 aromatic rings. The monoisotopic (exact) mass is 247 g/mol. The van der Waals surface area contributed by atoms with E-state index in [1.165, 1.54) is 32.0 Å². The van der Waals surface area contributed by atoms with Gasteiger partial charge in [-0.2, -0.15) is 0 Å². The number of rotatable bonds is 5. The van der Waals surface area contributed by atoms with E-state index in [2.05, 4.69) is 21.4 Å². The topological polar surface area (TPSA) is 47.0 Å². The number of anilines is 1. The number of nitrogens with one attached hydrogen (secondary N) is 1. The van der Waals surface area contributed by atoms with Crippen LogP contribution in [0, 0.1) is 6.92 Å². The van der Waals surface area contributed by atoms with Crippen molar-refractivity contribution in [3.05, 3.63) is 23.5 Å². The van der Waals surface area contributed by atoms with Gasteiger partial charge in [0.2, 0.25) is 5.88 Å². The lowest BCUT2D eigenvalue weighted by atomic mass is 9.97. The van der Waals surface area contributed by atoms with Gasteiger partial charge in [0.25, 0.3) is 0 Å². The maximum Gasteiger partial charge on any atom is 0.221 e. The van der Waals surface area contributed by atoms with Gasteiger partial charge in [-0.25, -0.2) is 9.97 Å². The van der Waals surface area contributed by atoms with Crippen LogP contribution in [0.4, 0.5) is 5.82 Å². The molecule has 1 heterocycles. The molecule has 0 bridgehead atoms. The molecule has 4 nitrogen and oxygen atoms in total. The van der Waals surface area contributed by atoms with Crippen LogP contribution in [0.15, 0.2) is 18.0 Å². The summed E-state index contributed by atoms with van der Waals surface area (Å²) in [7, 11) is 1.63. The van der Waals surface area contributed by atoms with Crippen LogP contribution in [0.2, 0.25) is 0 Å². The van der Waals surface area contributed by atoms with Gasteiger partial charge < -0.3 is 10.1 Å². The number of hydrogen-bond donors (Lipinski definition) is 1. The van der Waals surface area contributed by atoms with E-state index in [0.29, 0.717) is 5.88 Å². The smallest absolute Gasteiger partial charge is 0.221 e. The first-order valence-corrected chi connectivity index (χ1v) is 6.58. The normalized spacial score (nSPS) is 15.1. The number of hydrogen-bond acceptors (Lipinski definition) is 4. The van der Waals surface area contributed by atoms with E-state index in [0.717, 1.165) is 24.3 Å². The van der Waals surface area contributed by atoms with Crippen LogP contribution < -0.4 is 10.1 Å². The summed E-state index contributed by atoms with van der Waals surface area (Å²) < 4.78 is 5.18. The molecule has 0 aromatic carbocycles. The molecular formula is C14H21N3O. The van der Waals surface area contributed by atoms with Gasteiger partial charge in [-0.1, -0.05) is 11.6 Å². The lowest BCUT2D eigenvalue weighted by Crippen LogP contribution is -2.08. The molecule has 1 N–H and O–H groups in total. The van der Waals surface area contributed by atoms with Crippen LogP contribution in [0.3, 0.4) is 0 Å². The summed E-state index contributed by atoms with van der Waals surface area (Å²) in [6.45, 7) is 2.90. The first-order valence-electron chi connectivity index (χ1n) is 6.58. The fraction of sp³-hybridized carbons (Fsp3) is 0.571. The van der Waals surface area contributed by atoms with E-state index in [1.54, 1.807) is 12.7 Å². The Morgan fingerprint density at radius 1 is 1.33 bits per heavy atom. The van der Waals surface area contributed by atoms with Gasteiger partial charge in [0.1, 0.15) is 12.1 Å². The molecule has 1 aromatic heterocycles. The highest BCUT2D eigenvalue weighted by molar-refractivity contribution is 5.47. The van der Waals surface area contributed by atoms with Crippen molar-refractivity contribution in [1.82, 2.24) is 9.97 Å². The summed E-state index contributed by atoms with van der Waals surface area (Å²) >= 11 is 0. The number of allylic oxidation sites excluding steroid dienone is 1. The van der Waals surface area contributed by atoms with Crippen molar-refractivity contribution in [1.29, 1.82) is 0 Å². The quantitative estimate of drug-likeness (QED) is 0.812. The Bertz CT molecular complexity index is 429. The molecule has 0 atom stereocenters. The molecule has 0 aliphatic heterocycles. The highest BCUT2D eigenvalue weighted by atomic mass is 16.5. The summed E-state index contributed by atoms with van der Waals surface area (Å²) in [6.07, 6.45) is 10.2. The van der Waals surface area contributed by atoms with E-state index >= 15 is 0 Å². The molecule has 0 amide bonds. The third kappa shape index (κ3) is 3.22. The standard InChI is InChI=1S/C14H21N3O/c1-11-13(16-10-17-14(11)18-2)15-9-8-12-6-4-3-5-7-12/h6,10H,3-5,7-9H2,1-2H3,(H,15,16,17). The Kier molecular flexibility index (Phi) is 4.56. The molecule has 18 heavy (non-hydrogen) atoms. The zero-order valence-electron chi connectivity index (χ0n) is 11.2. The minimum Gasteiger partial charge on any atom is -0.481 e. The van der Waals surface area contributed by atoms with Gasteiger partial charge in [0.05, 0.1) is 12.7 Å². The minimum absolute atomic E-state index is 0.643. The Morgan fingerprint density at radius 2 is 2.22 bits per heavy atom. The second kappa shape index (κ2) is 6.38. The fourth-order valence-electron chi connectivity index (χ4n) is 2.29. The molecule has 98 valence electrons. The molecule has 4 heteroatoms. The third-order valence-corrected chi connectivity index (χ3v) is 3.35. The number of methoxy groups -OCH3 is 1. The van der Waals surface area contributed by atoms with Crippen molar-refractivity contribution >= 4 is 5.82 Å². The molecule has 0 saturated carbocycles. The van der Waals surface area contributed by atoms with Crippen LogP contribution in [0.1, 0.15) is 37.7 Å². The molecule has 0 unspecified atom stereocenters. The Hall–Kier alpha value is -1.58. The Labute approximate surface area is 108 Å². The van der Waals surface area contributed by atoms with Crippen molar-refractivity contribution in [2.45, 2.75) is 39.0 Å². The maximum absolute atomic E-state index is 5.18. The third-order valence-electron chi connectivity index (χ3n) is 3.35. The van der Waals surface area contributed by atoms with Gasteiger partial charge in [0.15, 0.2) is 0 Å². The predicted molar refractivity (Wildman–Crippen MR) is 73.0 cm³/mol. The molecule has 1 aliphatic carbocycles. The van der Waals surface area contributed by atoms with Crippen LogP contribution in [-0.2, 0) is 0 Å². The zero-order valence-corrected chi connectivity index (χ0v) is 11.2. The largest absolute Gasteiger partial charge is 0.481 e. The van der Waals surface area contributed by atoms with E-state index < -0.39 is 0 Å². The van der Waals surface area contributed by atoms with Gasteiger partial charge in [-0.05, 0) is 39.0 Å². The van der Waals surface area contributed by atoms with Crippen molar-refractivity contribution in [3.63, 3.8) is 0 Å². The van der Waals surface area contributed by atoms with E-state index in [-0.39, 0.29) is 0 Å². The summed E-state index contributed by atoms with van der Waals surface area (Å²) in [6, 6.07) is 0. The minimum atomic E-state index is 0.643. The molecule has 0 radical (unpaired) electrons. The van der Waals surface area contributed by atoms with Crippen molar-refractivity contribution < 1.29 is 4.74 Å². The van der Waals surface area contributed by atoms with Gasteiger partial charge in [-0.15, -0.1) is 0 Å². The first-order chi connectivity index (χ1) is 8.81. The van der Waals surface area contributed by atoms with Gasteiger partial charge in [0, 0.05) is 6.54 Å². The summed E-state index contributed by atoms with van der Waals surface area (Å²) in [5.74, 6) is 1.52. The summed E-state index contributed by atoms with van der Waals surface area (Å²) in [4.78, 5) is 8.32. The first kappa shape index (κ1) is 12.9. The summed E-state index contributed by atoms with van der Waals surface area (Å²) in [5.41, 5.74) is 2.55. The predicted octanol–water partition coefficient (Wildman–Crippen LogP) is 3.10. The van der Waals surface area contributed by atoms with Crippen LogP contribution in [0.25, 0.3) is 0 Å². The van der Waals surface area contributed by atoms with E-state index in [4.69, 9.17) is 4.74 Å². The fourth-order valence-corrected chi connectivity index (χ4v) is 2.29. The van der Waals surface area contributed by atoms with Crippen molar-refractivity contribution in [2.75, 3.05) is 19.0 Å². The van der Waals surface area contributed by atoms with Crippen LogP contribution in [-0.4, -0.2) is 23.6 Å². The number of ether oxygens (including phenoxy) is 1. The van der Waals surface area contributed by atoms with Gasteiger partial charge in [-0.3, -0.25) is 0 Å². The second-order valence-corrected chi connectivity index (χ2v) is 4.64. The lowest BCUT2D eigenvalue weighted by molar-refractivity contribution is 0.393. The number of nitrogens with zero attached hydrogens (tertiary/aromatic N) is 2. The Morgan fingerprint density at radius 3 is 2.94 bits per heavy atom. The average molecular weight is 247 g/mol. The average Bonchev–Trinajstić information content (AvgIpc) is 2.42. The second-order valence-electron chi connectivity index (χ2n) is 4.64. The van der Waals surface area contributed by atoms with Gasteiger partial charge >= 0.3 is 0 Å². The highest BCUT2D eigenvalue weighted by Crippen LogP contribution is 2.22. The number of aromatic nitrogens is 2. The molecule has 2 rings (SSSR count). The van der Waals surface area contributed by atoms with Crippen LogP contribution >= 0.6 is 0 Å². The van der Waals surface area contributed by atoms with Crippen molar-refractivity contribution in [2.24, 2.45) is 0 Å². The summed E-state index contributed by atoms with van der Waals surface area (Å²) in [5, 5.41) is 3.36. The maximum atomic E-state index is 5.18.